The van der Waals surface area contributed by atoms with Gasteiger partial charge in [-0.2, -0.15) is 0 Å². The minimum atomic E-state index is -1.08. The van der Waals surface area contributed by atoms with Crippen LogP contribution in [0.2, 0.25) is 0 Å². The lowest BCUT2D eigenvalue weighted by Crippen LogP contribution is -2.49. The van der Waals surface area contributed by atoms with E-state index >= 15 is 0 Å². The van der Waals surface area contributed by atoms with E-state index in [1.165, 1.54) is 24.3 Å². The van der Waals surface area contributed by atoms with E-state index in [4.69, 9.17) is 13.6 Å². The summed E-state index contributed by atoms with van der Waals surface area (Å²) in [5.41, 5.74) is 0.433. The lowest BCUT2D eigenvalue weighted by Gasteiger charge is -2.31. The monoisotopic (exact) mass is 479 g/mol. The van der Waals surface area contributed by atoms with Crippen molar-refractivity contribution in [2.75, 3.05) is 18.6 Å². The zero-order valence-corrected chi connectivity index (χ0v) is 19.8. The van der Waals surface area contributed by atoms with Crippen LogP contribution < -0.4 is 20.3 Å². The second kappa shape index (κ2) is 10.9. The summed E-state index contributed by atoms with van der Waals surface area (Å²) < 4.78 is 16.3. The van der Waals surface area contributed by atoms with Gasteiger partial charge in [0.05, 0.1) is 19.9 Å². The van der Waals surface area contributed by atoms with Crippen LogP contribution in [0.25, 0.3) is 0 Å². The number of aryl methyl sites for hydroxylation is 1. The Morgan fingerprint density at radius 2 is 1.91 bits per heavy atom. The molecule has 1 atom stereocenters. The summed E-state index contributed by atoms with van der Waals surface area (Å²) in [6.07, 6.45) is 5.26. The van der Waals surface area contributed by atoms with Crippen molar-refractivity contribution in [1.29, 1.82) is 0 Å². The maximum Gasteiger partial charge on any atom is 0.287 e. The zero-order valence-electron chi connectivity index (χ0n) is 19.8. The van der Waals surface area contributed by atoms with Crippen LogP contribution in [-0.2, 0) is 9.59 Å². The van der Waals surface area contributed by atoms with Gasteiger partial charge in [0.2, 0.25) is 5.91 Å². The molecule has 3 aromatic rings. The summed E-state index contributed by atoms with van der Waals surface area (Å²) in [6.45, 7) is 1.42. The molecule has 9 nitrogen and oxygen atoms in total. The maximum atomic E-state index is 13.6. The molecule has 9 heteroatoms. The van der Waals surface area contributed by atoms with Gasteiger partial charge in [-0.05, 0) is 56.2 Å². The normalized spacial score (nSPS) is 14.3. The van der Waals surface area contributed by atoms with Crippen LogP contribution in [0.5, 0.6) is 5.75 Å². The number of hydrogen-bond donors (Lipinski definition) is 2. The molecular weight excluding hydrogens is 450 g/mol. The number of furan rings is 2. The molecule has 184 valence electrons. The van der Waals surface area contributed by atoms with E-state index in [0.29, 0.717) is 23.0 Å². The molecule has 1 aliphatic rings. The van der Waals surface area contributed by atoms with Crippen LogP contribution >= 0.6 is 0 Å². The number of benzene rings is 1. The summed E-state index contributed by atoms with van der Waals surface area (Å²) in [5, 5.41) is 5.65. The second-order valence-corrected chi connectivity index (χ2v) is 8.47. The van der Waals surface area contributed by atoms with Gasteiger partial charge in [-0.25, -0.2) is 0 Å². The van der Waals surface area contributed by atoms with E-state index in [-0.39, 0.29) is 24.3 Å². The molecule has 1 aromatic carbocycles. The van der Waals surface area contributed by atoms with Crippen molar-refractivity contribution < 1.29 is 28.0 Å². The van der Waals surface area contributed by atoms with Crippen LogP contribution in [0.15, 0.2) is 63.6 Å². The summed E-state index contributed by atoms with van der Waals surface area (Å²) in [7, 11) is 1.52. The molecule has 1 saturated carbocycles. The van der Waals surface area contributed by atoms with Crippen molar-refractivity contribution in [3.8, 4) is 5.75 Å². The van der Waals surface area contributed by atoms with E-state index in [1.54, 1.807) is 49.4 Å². The fourth-order valence-electron chi connectivity index (χ4n) is 4.26. The van der Waals surface area contributed by atoms with E-state index in [1.807, 2.05) is 0 Å². The Kier molecular flexibility index (Phi) is 7.54. The lowest BCUT2D eigenvalue weighted by atomic mass is 10.1. The molecule has 0 bridgehead atoms. The van der Waals surface area contributed by atoms with Gasteiger partial charge in [0.1, 0.15) is 17.3 Å². The highest BCUT2D eigenvalue weighted by Crippen LogP contribution is 2.32. The van der Waals surface area contributed by atoms with Crippen molar-refractivity contribution in [2.24, 2.45) is 0 Å². The minimum absolute atomic E-state index is 0.0435. The van der Waals surface area contributed by atoms with Crippen LogP contribution in [0.1, 0.15) is 53.8 Å². The highest BCUT2D eigenvalue weighted by molar-refractivity contribution is 6.04. The Morgan fingerprint density at radius 1 is 1.11 bits per heavy atom. The van der Waals surface area contributed by atoms with Gasteiger partial charge in [0, 0.05) is 17.8 Å². The molecule has 35 heavy (non-hydrogen) atoms. The third-order valence-corrected chi connectivity index (χ3v) is 5.98. The molecule has 4 rings (SSSR count). The van der Waals surface area contributed by atoms with E-state index in [0.717, 1.165) is 25.7 Å². The molecule has 2 aromatic heterocycles. The van der Waals surface area contributed by atoms with Crippen molar-refractivity contribution in [3.05, 3.63) is 72.1 Å². The zero-order chi connectivity index (χ0) is 24.8. The highest BCUT2D eigenvalue weighted by Gasteiger charge is 2.36. The van der Waals surface area contributed by atoms with Crippen molar-refractivity contribution >= 4 is 23.4 Å². The Hall–Kier alpha value is -4.01. The van der Waals surface area contributed by atoms with Crippen molar-refractivity contribution in [1.82, 2.24) is 10.6 Å². The van der Waals surface area contributed by atoms with Gasteiger partial charge < -0.3 is 24.2 Å². The Morgan fingerprint density at radius 3 is 2.57 bits per heavy atom. The van der Waals surface area contributed by atoms with Crippen molar-refractivity contribution in [3.63, 3.8) is 0 Å². The third-order valence-electron chi connectivity index (χ3n) is 5.98. The standard InChI is InChI=1S/C26H29N3O6/c1-17-12-13-21(35-17)24(26(32)28-18-7-3-4-8-18)29(19-9-5-10-20(15-19)33-2)23(30)16-27-25(31)22-11-6-14-34-22/h5-6,9-15,18,24H,3-4,7-8,16H2,1-2H3,(H,27,31)(H,28,32)/t24-/m0/s1. The molecular formula is C26H29N3O6. The molecule has 3 amide bonds. The second-order valence-electron chi connectivity index (χ2n) is 8.47. The van der Waals surface area contributed by atoms with Gasteiger partial charge in [-0.15, -0.1) is 0 Å². The van der Waals surface area contributed by atoms with Gasteiger partial charge in [-0.3, -0.25) is 19.3 Å². The molecule has 0 spiro atoms. The molecule has 2 N–H and O–H groups in total. The van der Waals surface area contributed by atoms with Gasteiger partial charge in [0.15, 0.2) is 11.8 Å². The number of amides is 3. The predicted octanol–water partition coefficient (Wildman–Crippen LogP) is 3.75. The van der Waals surface area contributed by atoms with Gasteiger partial charge in [0.25, 0.3) is 11.8 Å². The average Bonchev–Trinajstić information content (AvgIpc) is 3.64. The third kappa shape index (κ3) is 5.74. The van der Waals surface area contributed by atoms with E-state index in [9.17, 15) is 14.4 Å². The molecule has 1 fully saturated rings. The minimum Gasteiger partial charge on any atom is -0.497 e. The first kappa shape index (κ1) is 24.1. The topological polar surface area (TPSA) is 114 Å². The number of ether oxygens (including phenoxy) is 1. The summed E-state index contributed by atoms with van der Waals surface area (Å²) in [4.78, 5) is 40.9. The Bertz CT molecular complexity index is 1160. The van der Waals surface area contributed by atoms with Crippen LogP contribution in [-0.4, -0.2) is 37.4 Å². The SMILES string of the molecule is COc1cccc(N(C(=O)CNC(=O)c2ccco2)[C@H](C(=O)NC2CCCC2)c2ccc(C)o2)c1. The van der Waals surface area contributed by atoms with Crippen molar-refractivity contribution in [2.45, 2.75) is 44.7 Å². The molecule has 0 aliphatic heterocycles. The molecule has 0 unspecified atom stereocenters. The first-order chi connectivity index (χ1) is 17.0. The summed E-state index contributed by atoms with van der Waals surface area (Å²) >= 11 is 0. The first-order valence-electron chi connectivity index (χ1n) is 11.6. The highest BCUT2D eigenvalue weighted by atomic mass is 16.5. The quantitative estimate of drug-likeness (QED) is 0.483. The van der Waals surface area contributed by atoms with Gasteiger partial charge in [-0.1, -0.05) is 18.9 Å². The van der Waals surface area contributed by atoms with Crippen LogP contribution in [0.4, 0.5) is 5.69 Å². The Balaban J connectivity index is 1.68. The summed E-state index contributed by atoms with van der Waals surface area (Å²) in [6, 6.07) is 12.3. The molecule has 2 heterocycles. The number of carbonyl (C=O) groups excluding carboxylic acids is 3. The fourth-order valence-corrected chi connectivity index (χ4v) is 4.26. The number of hydrogen-bond acceptors (Lipinski definition) is 6. The number of anilines is 1. The average molecular weight is 480 g/mol. The predicted molar refractivity (Wildman–Crippen MR) is 128 cm³/mol. The number of nitrogens with zero attached hydrogens (tertiary/aromatic N) is 1. The number of carbonyl (C=O) groups is 3. The van der Waals surface area contributed by atoms with E-state index < -0.39 is 17.9 Å². The number of nitrogens with one attached hydrogen (secondary N) is 2. The number of methoxy groups -OCH3 is 1. The van der Waals surface area contributed by atoms with Crippen LogP contribution in [0.3, 0.4) is 0 Å². The molecule has 0 radical (unpaired) electrons. The number of rotatable bonds is 9. The Labute approximate surface area is 203 Å². The fraction of sp³-hybridized carbons (Fsp3) is 0.346. The first-order valence-corrected chi connectivity index (χ1v) is 11.6. The van der Waals surface area contributed by atoms with E-state index in [2.05, 4.69) is 10.6 Å². The maximum absolute atomic E-state index is 13.6. The van der Waals surface area contributed by atoms with Gasteiger partial charge >= 0.3 is 0 Å². The van der Waals surface area contributed by atoms with Crippen LogP contribution in [0, 0.1) is 6.92 Å². The molecule has 0 saturated heterocycles. The lowest BCUT2D eigenvalue weighted by molar-refractivity contribution is -0.127. The molecule has 1 aliphatic carbocycles. The smallest absolute Gasteiger partial charge is 0.287 e. The largest absolute Gasteiger partial charge is 0.497 e. The summed E-state index contributed by atoms with van der Waals surface area (Å²) in [5.74, 6) is 0.163.